The molecule has 0 aliphatic rings. The van der Waals surface area contributed by atoms with Crippen molar-refractivity contribution in [2.75, 3.05) is 0 Å². The Morgan fingerprint density at radius 2 is 1.25 bits per heavy atom. The largest absolute Gasteiger partial charge is 0.424 e. The predicted molar refractivity (Wildman–Crippen MR) is 62.7 cm³/mol. The lowest BCUT2D eigenvalue weighted by atomic mass is 9.85. The van der Waals surface area contributed by atoms with Gasteiger partial charge in [-0.2, -0.15) is 39.5 Å². The summed E-state index contributed by atoms with van der Waals surface area (Å²) in [6.45, 7) is 0. The Kier molecular flexibility index (Phi) is 5.32. The average molecular weight is 409 g/mol. The van der Waals surface area contributed by atoms with Gasteiger partial charge in [0.05, 0.1) is 5.02 Å². The van der Waals surface area contributed by atoms with E-state index >= 15 is 0 Å². The first-order chi connectivity index (χ1) is 10.6. The van der Waals surface area contributed by atoms with E-state index in [0.717, 1.165) is 12.1 Å². The van der Waals surface area contributed by atoms with Crippen molar-refractivity contribution in [3.05, 3.63) is 28.2 Å². The fourth-order valence-corrected chi connectivity index (χ4v) is 2.01. The Balaban J connectivity index is 3.53. The highest BCUT2D eigenvalue weighted by Gasteiger charge is 2.89. The highest BCUT2D eigenvalue weighted by Crippen LogP contribution is 2.60. The summed E-state index contributed by atoms with van der Waals surface area (Å²) in [5.41, 5.74) is -6.74. The number of ether oxygens (including phenoxy) is 1. The van der Waals surface area contributed by atoms with E-state index in [1.54, 1.807) is 0 Å². The summed E-state index contributed by atoms with van der Waals surface area (Å²) >= 11 is 10.8. The average Bonchev–Trinajstić information content (AvgIpc) is 2.27. The number of carbonyl (C=O) groups is 1. The van der Waals surface area contributed by atoms with Crippen LogP contribution >= 0.6 is 23.2 Å². The first kappa shape index (κ1) is 20.7. The predicted octanol–water partition coefficient (Wildman–Crippen LogP) is 5.57. The normalized spacial score (nSPS) is 13.8. The molecule has 0 fully saturated rings. The van der Waals surface area contributed by atoms with E-state index < -0.39 is 40.7 Å². The lowest BCUT2D eigenvalue weighted by molar-refractivity contribution is -0.410. The number of alkyl halides is 9. The van der Waals surface area contributed by atoms with Gasteiger partial charge in [0.25, 0.3) is 0 Å². The Morgan fingerprint density at radius 3 is 1.58 bits per heavy atom. The van der Waals surface area contributed by atoms with Crippen LogP contribution in [0, 0.1) is 5.41 Å². The van der Waals surface area contributed by atoms with Crippen molar-refractivity contribution in [3.63, 3.8) is 0 Å². The lowest BCUT2D eigenvalue weighted by Gasteiger charge is -2.35. The second-order valence-electron chi connectivity index (χ2n) is 4.21. The molecule has 1 aromatic rings. The quantitative estimate of drug-likeness (QED) is 0.363. The zero-order chi connectivity index (χ0) is 19.1. The number of esters is 1. The fourth-order valence-electron chi connectivity index (χ4n) is 1.56. The summed E-state index contributed by atoms with van der Waals surface area (Å²) < 4.78 is 118. The summed E-state index contributed by atoms with van der Waals surface area (Å²) in [5, 5.41) is -0.926. The summed E-state index contributed by atoms with van der Waals surface area (Å²) in [7, 11) is 0. The van der Waals surface area contributed by atoms with Crippen molar-refractivity contribution in [2.24, 2.45) is 5.41 Å². The smallest absolute Gasteiger partial charge is 0.423 e. The molecule has 0 unspecified atom stereocenters. The highest BCUT2D eigenvalue weighted by atomic mass is 35.5. The van der Waals surface area contributed by atoms with Crippen molar-refractivity contribution in [1.82, 2.24) is 0 Å². The molecule has 13 heteroatoms. The standard InChI is InChI=1S/C11H3Cl2F9O2/c12-4-1-2-6(5(13)3-4)24-7(23)8(9(14,15)16,10(17,18)19)11(20,21)22/h1-3H. The maximum Gasteiger partial charge on any atom is 0.423 e. The summed E-state index contributed by atoms with van der Waals surface area (Å²) in [5.74, 6) is -4.80. The minimum Gasteiger partial charge on any atom is -0.424 e. The SMILES string of the molecule is O=C(Oc1ccc(Cl)cc1Cl)C(C(F)(F)F)(C(F)(F)F)C(F)(F)F. The minimum absolute atomic E-state index is 0.159. The van der Waals surface area contributed by atoms with E-state index in [0.29, 0.717) is 6.07 Å². The highest BCUT2D eigenvalue weighted by molar-refractivity contribution is 6.35. The molecule has 0 saturated carbocycles. The summed E-state index contributed by atoms with van der Waals surface area (Å²) in [4.78, 5) is 11.3. The van der Waals surface area contributed by atoms with Crippen LogP contribution in [0.2, 0.25) is 10.0 Å². The maximum absolute atomic E-state index is 12.7. The molecule has 0 radical (unpaired) electrons. The molecule has 0 atom stereocenters. The maximum atomic E-state index is 12.7. The van der Waals surface area contributed by atoms with Gasteiger partial charge in [0.2, 0.25) is 0 Å². The molecule has 136 valence electrons. The Hall–Kier alpha value is -1.36. The van der Waals surface area contributed by atoms with Gasteiger partial charge >= 0.3 is 29.9 Å². The third-order valence-electron chi connectivity index (χ3n) is 2.68. The van der Waals surface area contributed by atoms with Gasteiger partial charge in [0.15, 0.2) is 0 Å². The van der Waals surface area contributed by atoms with Crippen LogP contribution in [0.1, 0.15) is 0 Å². The fraction of sp³-hybridized carbons (Fsp3) is 0.364. The Bertz CT molecular complexity index is 598. The van der Waals surface area contributed by atoms with Crippen molar-refractivity contribution in [3.8, 4) is 5.75 Å². The Morgan fingerprint density at radius 1 is 0.833 bits per heavy atom. The molecule has 0 spiro atoms. The molecule has 2 nitrogen and oxygen atoms in total. The van der Waals surface area contributed by atoms with Crippen LogP contribution < -0.4 is 4.74 Å². The molecule has 0 bridgehead atoms. The molecule has 0 aliphatic heterocycles. The summed E-state index contributed by atoms with van der Waals surface area (Å²) in [6, 6.07) is 2.10. The molecule has 0 aliphatic carbocycles. The zero-order valence-electron chi connectivity index (χ0n) is 10.7. The monoisotopic (exact) mass is 408 g/mol. The van der Waals surface area contributed by atoms with E-state index in [2.05, 4.69) is 4.74 Å². The molecule has 0 aromatic heterocycles. The third-order valence-corrected chi connectivity index (χ3v) is 3.21. The van der Waals surface area contributed by atoms with Gasteiger partial charge in [-0.05, 0) is 18.2 Å². The van der Waals surface area contributed by atoms with Crippen LogP contribution in [-0.2, 0) is 4.79 Å². The molecule has 0 heterocycles. The first-order valence-corrected chi connectivity index (χ1v) is 6.19. The van der Waals surface area contributed by atoms with E-state index in [1.807, 2.05) is 0 Å². The van der Waals surface area contributed by atoms with Gasteiger partial charge in [-0.3, -0.25) is 0 Å². The molecule has 24 heavy (non-hydrogen) atoms. The molecule has 0 saturated heterocycles. The number of benzene rings is 1. The minimum atomic E-state index is -7.07. The Labute approximate surface area is 137 Å². The van der Waals surface area contributed by atoms with Gasteiger partial charge in [-0.25, -0.2) is 4.79 Å². The van der Waals surface area contributed by atoms with Crippen LogP contribution in [0.3, 0.4) is 0 Å². The van der Waals surface area contributed by atoms with Gasteiger partial charge in [-0.15, -0.1) is 0 Å². The lowest BCUT2D eigenvalue weighted by Crippen LogP contribution is -2.65. The third kappa shape index (κ3) is 3.37. The molecular formula is C11H3Cl2F9O2. The molecule has 0 N–H and O–H groups in total. The number of hydrogen-bond donors (Lipinski definition) is 0. The van der Waals surface area contributed by atoms with Gasteiger partial charge < -0.3 is 4.74 Å². The van der Waals surface area contributed by atoms with Gasteiger partial charge in [-0.1, -0.05) is 23.2 Å². The second kappa shape index (κ2) is 6.17. The van der Waals surface area contributed by atoms with Crippen molar-refractivity contribution >= 4 is 29.2 Å². The number of rotatable bonds is 2. The van der Waals surface area contributed by atoms with Crippen LogP contribution in [0.25, 0.3) is 0 Å². The van der Waals surface area contributed by atoms with Crippen molar-refractivity contribution in [2.45, 2.75) is 18.5 Å². The van der Waals surface area contributed by atoms with Crippen LogP contribution in [0.15, 0.2) is 18.2 Å². The zero-order valence-corrected chi connectivity index (χ0v) is 12.2. The van der Waals surface area contributed by atoms with E-state index in [4.69, 9.17) is 23.2 Å². The number of carbonyl (C=O) groups excluding carboxylic acids is 1. The molecule has 0 amide bonds. The van der Waals surface area contributed by atoms with Crippen LogP contribution in [-0.4, -0.2) is 24.5 Å². The summed E-state index contributed by atoms with van der Waals surface area (Å²) in [6.07, 6.45) is -21.2. The van der Waals surface area contributed by atoms with Gasteiger partial charge in [0.1, 0.15) is 5.75 Å². The number of halogens is 11. The van der Waals surface area contributed by atoms with Crippen LogP contribution in [0.4, 0.5) is 39.5 Å². The van der Waals surface area contributed by atoms with Crippen molar-refractivity contribution < 1.29 is 49.0 Å². The second-order valence-corrected chi connectivity index (χ2v) is 5.05. The molecule has 1 rings (SSSR count). The van der Waals surface area contributed by atoms with Crippen molar-refractivity contribution in [1.29, 1.82) is 0 Å². The van der Waals surface area contributed by atoms with E-state index in [1.165, 1.54) is 0 Å². The first-order valence-electron chi connectivity index (χ1n) is 5.43. The number of hydrogen-bond acceptors (Lipinski definition) is 2. The molecule has 1 aromatic carbocycles. The van der Waals surface area contributed by atoms with E-state index in [-0.39, 0.29) is 5.02 Å². The molecular weight excluding hydrogens is 406 g/mol. The van der Waals surface area contributed by atoms with Gasteiger partial charge in [0, 0.05) is 5.02 Å². The topological polar surface area (TPSA) is 26.3 Å². The van der Waals surface area contributed by atoms with Crippen LogP contribution in [0.5, 0.6) is 5.75 Å². The van der Waals surface area contributed by atoms with E-state index in [9.17, 15) is 44.3 Å².